The highest BCUT2D eigenvalue weighted by Gasteiger charge is 2.36. The first kappa shape index (κ1) is 24.3. The molecule has 0 spiro atoms. The predicted molar refractivity (Wildman–Crippen MR) is 131 cm³/mol. The third-order valence-corrected chi connectivity index (χ3v) is 5.81. The van der Waals surface area contributed by atoms with Crippen LogP contribution in [0.1, 0.15) is 21.6 Å². The molecule has 0 aliphatic heterocycles. The van der Waals surface area contributed by atoms with Crippen molar-refractivity contribution in [3.63, 3.8) is 0 Å². The van der Waals surface area contributed by atoms with Crippen LogP contribution in [0.4, 0.5) is 19.0 Å². The summed E-state index contributed by atoms with van der Waals surface area (Å²) in [6.07, 6.45) is -2.18. The predicted octanol–water partition coefficient (Wildman–Crippen LogP) is 5.57. The molecule has 12 heteroatoms. The fourth-order valence-electron chi connectivity index (χ4n) is 3.74. The molecule has 0 bridgehead atoms. The summed E-state index contributed by atoms with van der Waals surface area (Å²) in [6, 6.07) is 16.7. The van der Waals surface area contributed by atoms with Crippen LogP contribution in [0.25, 0.3) is 16.9 Å². The van der Waals surface area contributed by atoms with Crippen molar-refractivity contribution in [2.24, 2.45) is 0 Å². The van der Waals surface area contributed by atoms with Crippen LogP contribution < -0.4 is 10.1 Å². The molecular weight excluding hydrogens is 509 g/mol. The van der Waals surface area contributed by atoms with Crippen molar-refractivity contribution in [3.05, 3.63) is 94.9 Å². The van der Waals surface area contributed by atoms with Gasteiger partial charge in [0.05, 0.1) is 25.5 Å². The van der Waals surface area contributed by atoms with Crippen molar-refractivity contribution in [2.75, 3.05) is 12.4 Å². The van der Waals surface area contributed by atoms with Crippen LogP contribution in [0.2, 0.25) is 5.02 Å². The van der Waals surface area contributed by atoms with E-state index in [1.165, 1.54) is 7.11 Å². The van der Waals surface area contributed by atoms with Gasteiger partial charge in [-0.3, -0.25) is 9.48 Å². The average Bonchev–Trinajstić information content (AvgIpc) is 3.46. The maximum Gasteiger partial charge on any atom is 0.433 e. The minimum absolute atomic E-state index is 0.0159. The van der Waals surface area contributed by atoms with Crippen molar-refractivity contribution < 1.29 is 22.7 Å². The number of carbonyl (C=O) groups is 1. The molecule has 3 heterocycles. The Labute approximate surface area is 213 Å². The molecule has 5 rings (SSSR count). The summed E-state index contributed by atoms with van der Waals surface area (Å²) in [6.45, 7) is 0.412. The summed E-state index contributed by atoms with van der Waals surface area (Å²) in [5.74, 6) is -0.160. The van der Waals surface area contributed by atoms with Crippen LogP contribution in [0.3, 0.4) is 0 Å². The van der Waals surface area contributed by atoms with E-state index in [2.05, 4.69) is 20.5 Å². The van der Waals surface area contributed by atoms with E-state index >= 15 is 0 Å². The minimum atomic E-state index is -4.75. The second-order valence-electron chi connectivity index (χ2n) is 8.01. The zero-order chi connectivity index (χ0) is 26.2. The van der Waals surface area contributed by atoms with E-state index in [0.29, 0.717) is 22.4 Å². The number of nitrogens with zero attached hydrogens (tertiary/aromatic N) is 5. The number of rotatable bonds is 6. The van der Waals surface area contributed by atoms with Gasteiger partial charge >= 0.3 is 6.18 Å². The van der Waals surface area contributed by atoms with Gasteiger partial charge in [-0.05, 0) is 35.9 Å². The number of alkyl halides is 3. The van der Waals surface area contributed by atoms with E-state index in [1.807, 2.05) is 30.3 Å². The molecule has 2 aromatic carbocycles. The molecule has 0 atom stereocenters. The Hall–Kier alpha value is -4.38. The third kappa shape index (κ3) is 4.98. The first-order chi connectivity index (χ1) is 17.7. The lowest BCUT2D eigenvalue weighted by Gasteiger charge is -2.12. The molecule has 0 unspecified atom stereocenters. The summed E-state index contributed by atoms with van der Waals surface area (Å²) < 4.78 is 48.9. The van der Waals surface area contributed by atoms with E-state index in [-0.39, 0.29) is 27.7 Å². The highest BCUT2D eigenvalue weighted by molar-refractivity contribution is 6.33. The van der Waals surface area contributed by atoms with Crippen LogP contribution in [-0.2, 0) is 12.7 Å². The number of ether oxygens (including phenoxy) is 1. The summed E-state index contributed by atoms with van der Waals surface area (Å²) in [5, 5.41) is 10.8. The zero-order valence-corrected chi connectivity index (χ0v) is 20.0. The van der Waals surface area contributed by atoms with E-state index in [4.69, 9.17) is 16.3 Å². The number of aromatic nitrogens is 5. The van der Waals surface area contributed by atoms with Gasteiger partial charge in [-0.25, -0.2) is 9.50 Å². The maximum absolute atomic E-state index is 13.9. The topological polar surface area (TPSA) is 86.3 Å². The van der Waals surface area contributed by atoms with Crippen LogP contribution in [0, 0.1) is 0 Å². The van der Waals surface area contributed by atoms with E-state index in [9.17, 15) is 18.0 Å². The first-order valence-electron chi connectivity index (χ1n) is 10.9. The lowest BCUT2D eigenvalue weighted by Crippen LogP contribution is -2.16. The number of hydrogen-bond donors (Lipinski definition) is 1. The second kappa shape index (κ2) is 9.58. The van der Waals surface area contributed by atoms with Crippen LogP contribution in [-0.4, -0.2) is 37.4 Å². The number of fused-ring (bicyclic) bond motifs is 1. The summed E-state index contributed by atoms with van der Waals surface area (Å²) >= 11 is 6.26. The van der Waals surface area contributed by atoms with Crippen molar-refractivity contribution >= 4 is 29.0 Å². The molecule has 0 saturated heterocycles. The van der Waals surface area contributed by atoms with Gasteiger partial charge in [-0.1, -0.05) is 41.9 Å². The van der Waals surface area contributed by atoms with Gasteiger partial charge in [-0.2, -0.15) is 23.4 Å². The normalized spacial score (nSPS) is 11.6. The molecule has 0 saturated carbocycles. The van der Waals surface area contributed by atoms with Crippen LogP contribution in [0.15, 0.2) is 73.1 Å². The van der Waals surface area contributed by atoms with Crippen LogP contribution >= 0.6 is 11.6 Å². The Kier molecular flexibility index (Phi) is 6.30. The molecule has 0 radical (unpaired) electrons. The fourth-order valence-corrected chi connectivity index (χ4v) is 3.94. The molecule has 1 N–H and O–H groups in total. The van der Waals surface area contributed by atoms with Gasteiger partial charge in [0.1, 0.15) is 16.3 Å². The van der Waals surface area contributed by atoms with Gasteiger partial charge < -0.3 is 10.1 Å². The van der Waals surface area contributed by atoms with Crippen molar-refractivity contribution in [1.82, 2.24) is 24.4 Å². The van der Waals surface area contributed by atoms with Gasteiger partial charge in [0, 0.05) is 11.8 Å². The van der Waals surface area contributed by atoms with Crippen LogP contribution in [0.5, 0.6) is 5.75 Å². The number of anilines is 1. The number of amides is 1. The Morgan fingerprint density at radius 3 is 2.51 bits per heavy atom. The highest BCUT2D eigenvalue weighted by Crippen LogP contribution is 2.33. The lowest BCUT2D eigenvalue weighted by atomic mass is 10.1. The molecule has 3 aromatic heterocycles. The number of nitrogens with one attached hydrogen (secondary N) is 1. The number of benzene rings is 2. The quantitative estimate of drug-likeness (QED) is 0.312. The number of halogens is 4. The molecule has 5 aromatic rings. The third-order valence-electron chi connectivity index (χ3n) is 5.53. The van der Waals surface area contributed by atoms with Gasteiger partial charge in [0.15, 0.2) is 17.2 Å². The molecule has 0 aliphatic rings. The van der Waals surface area contributed by atoms with E-state index < -0.39 is 17.8 Å². The van der Waals surface area contributed by atoms with Gasteiger partial charge in [-0.15, -0.1) is 0 Å². The maximum atomic E-state index is 13.9. The number of methoxy groups -OCH3 is 1. The minimum Gasteiger partial charge on any atom is -0.497 e. The van der Waals surface area contributed by atoms with E-state index in [1.54, 1.807) is 35.1 Å². The molecule has 1 amide bonds. The molecule has 8 nitrogen and oxygen atoms in total. The Morgan fingerprint density at radius 1 is 1.11 bits per heavy atom. The molecule has 188 valence electrons. The van der Waals surface area contributed by atoms with Crippen molar-refractivity contribution in [3.8, 4) is 17.0 Å². The molecule has 0 fully saturated rings. The Balaban J connectivity index is 1.50. The summed E-state index contributed by atoms with van der Waals surface area (Å²) in [5.41, 5.74) is -0.122. The molecular formula is C25H18ClF3N6O2. The molecule has 0 aliphatic carbocycles. The van der Waals surface area contributed by atoms with Gasteiger partial charge in [0.2, 0.25) is 0 Å². The number of carbonyl (C=O) groups excluding carboxylic acids is 1. The van der Waals surface area contributed by atoms with Gasteiger partial charge in [0.25, 0.3) is 5.91 Å². The smallest absolute Gasteiger partial charge is 0.433 e. The number of hydrogen-bond acceptors (Lipinski definition) is 5. The Bertz CT molecular complexity index is 1580. The SMILES string of the molecule is COc1ccc(-c2cc(C(F)(F)F)n3ncc(C(=O)Nc4nn(Cc5ccccc5)cc4Cl)c3n2)cc1. The first-order valence-corrected chi connectivity index (χ1v) is 11.3. The zero-order valence-electron chi connectivity index (χ0n) is 19.2. The molecule has 37 heavy (non-hydrogen) atoms. The fraction of sp³-hybridized carbons (Fsp3) is 0.120. The van der Waals surface area contributed by atoms with Crippen molar-refractivity contribution in [2.45, 2.75) is 12.7 Å². The summed E-state index contributed by atoms with van der Waals surface area (Å²) in [7, 11) is 1.48. The lowest BCUT2D eigenvalue weighted by molar-refractivity contribution is -0.142. The monoisotopic (exact) mass is 526 g/mol. The van der Waals surface area contributed by atoms with E-state index in [0.717, 1.165) is 17.8 Å². The van der Waals surface area contributed by atoms with Crippen molar-refractivity contribution in [1.29, 1.82) is 0 Å². The highest BCUT2D eigenvalue weighted by atomic mass is 35.5. The standard InChI is InChI=1S/C25H18ClF3N6O2/c1-37-17-9-7-16(8-10-17)20-11-21(25(27,28)29)35-23(31-20)18(12-30-35)24(36)32-22-19(26)14-34(33-22)13-15-5-3-2-4-6-15/h2-12,14H,13H2,1H3,(H,32,33,36). The Morgan fingerprint density at radius 2 is 1.84 bits per heavy atom. The largest absolute Gasteiger partial charge is 0.497 e. The second-order valence-corrected chi connectivity index (χ2v) is 8.42. The average molecular weight is 527 g/mol. The summed E-state index contributed by atoms with van der Waals surface area (Å²) in [4.78, 5) is 17.4.